The maximum Gasteiger partial charge on any atom is 0.345 e. The lowest BCUT2D eigenvalue weighted by Crippen LogP contribution is -2.35. The SMILES string of the molecule is O=C(O)c1cc(S(=O)(=O)N2CCCN(CCO)CC2)cs1. The summed E-state index contributed by atoms with van der Waals surface area (Å²) in [6.45, 7) is 2.66. The van der Waals surface area contributed by atoms with Crippen molar-refractivity contribution in [3.63, 3.8) is 0 Å². The third-order valence-electron chi connectivity index (χ3n) is 3.39. The van der Waals surface area contributed by atoms with Crippen molar-refractivity contribution in [3.05, 3.63) is 16.3 Å². The first-order valence-electron chi connectivity index (χ1n) is 6.60. The molecule has 1 fully saturated rings. The summed E-state index contributed by atoms with van der Waals surface area (Å²) in [5.41, 5.74) is 0. The second kappa shape index (κ2) is 6.84. The first-order valence-corrected chi connectivity index (χ1v) is 8.92. The molecule has 0 aromatic carbocycles. The topological polar surface area (TPSA) is 98.1 Å². The lowest BCUT2D eigenvalue weighted by molar-refractivity contribution is 0.0702. The van der Waals surface area contributed by atoms with E-state index in [1.54, 1.807) is 0 Å². The Morgan fingerprint density at radius 3 is 2.67 bits per heavy atom. The quantitative estimate of drug-likeness (QED) is 0.794. The van der Waals surface area contributed by atoms with Crippen LogP contribution in [0.5, 0.6) is 0 Å². The van der Waals surface area contributed by atoms with Gasteiger partial charge in [-0.2, -0.15) is 4.31 Å². The average Bonchev–Trinajstić information content (AvgIpc) is 2.82. The number of sulfonamides is 1. The number of aliphatic hydroxyl groups is 1. The molecular formula is C12H18N2O5S2. The number of aliphatic hydroxyl groups excluding tert-OH is 1. The third-order valence-corrected chi connectivity index (χ3v) is 6.33. The first kappa shape index (κ1) is 16.4. The van der Waals surface area contributed by atoms with Crippen LogP contribution in [-0.2, 0) is 10.0 Å². The molecule has 0 spiro atoms. The number of carbonyl (C=O) groups is 1. The molecule has 0 atom stereocenters. The van der Waals surface area contributed by atoms with Gasteiger partial charge >= 0.3 is 5.97 Å². The Kier molecular flexibility index (Phi) is 5.33. The standard InChI is InChI=1S/C12H18N2O5S2/c15-7-6-13-2-1-3-14(5-4-13)21(18,19)10-8-11(12(16)17)20-9-10/h8-9,15H,1-7H2,(H,16,17). The first-order chi connectivity index (χ1) is 9.95. The molecule has 118 valence electrons. The molecule has 1 aromatic rings. The van der Waals surface area contributed by atoms with Crippen LogP contribution in [0.25, 0.3) is 0 Å². The number of hydrogen-bond acceptors (Lipinski definition) is 6. The predicted molar refractivity (Wildman–Crippen MR) is 78.2 cm³/mol. The summed E-state index contributed by atoms with van der Waals surface area (Å²) in [6, 6.07) is 1.21. The Morgan fingerprint density at radius 1 is 1.29 bits per heavy atom. The highest BCUT2D eigenvalue weighted by atomic mass is 32.2. The van der Waals surface area contributed by atoms with Gasteiger partial charge in [0.1, 0.15) is 4.88 Å². The summed E-state index contributed by atoms with van der Waals surface area (Å²) >= 11 is 0.914. The van der Waals surface area contributed by atoms with Gasteiger partial charge < -0.3 is 10.2 Å². The van der Waals surface area contributed by atoms with Crippen LogP contribution in [0, 0.1) is 0 Å². The summed E-state index contributed by atoms with van der Waals surface area (Å²) in [4.78, 5) is 12.9. The maximum absolute atomic E-state index is 12.5. The van der Waals surface area contributed by atoms with Crippen molar-refractivity contribution >= 4 is 27.3 Å². The number of thiophene rings is 1. The molecule has 0 radical (unpaired) electrons. The van der Waals surface area contributed by atoms with E-state index in [0.29, 0.717) is 32.6 Å². The number of β-amino-alcohol motifs (C(OH)–C–C–N with tert-alkyl or cyclic N) is 1. The van der Waals surface area contributed by atoms with Gasteiger partial charge in [-0.15, -0.1) is 11.3 Å². The van der Waals surface area contributed by atoms with Gasteiger partial charge in [-0.3, -0.25) is 4.90 Å². The van der Waals surface area contributed by atoms with Crippen molar-refractivity contribution in [1.29, 1.82) is 0 Å². The Morgan fingerprint density at radius 2 is 2.05 bits per heavy atom. The molecule has 0 amide bonds. The molecule has 0 saturated carbocycles. The van der Waals surface area contributed by atoms with E-state index in [9.17, 15) is 13.2 Å². The largest absolute Gasteiger partial charge is 0.477 e. The Balaban J connectivity index is 2.13. The number of rotatable bonds is 5. The number of hydrogen-bond donors (Lipinski definition) is 2. The van der Waals surface area contributed by atoms with Crippen LogP contribution < -0.4 is 0 Å². The number of carboxylic acid groups (broad SMARTS) is 1. The Hall–Kier alpha value is -1.00. The van der Waals surface area contributed by atoms with Crippen molar-refractivity contribution < 1.29 is 23.4 Å². The second-order valence-corrected chi connectivity index (χ2v) is 7.62. The van der Waals surface area contributed by atoms with Gasteiger partial charge in [0, 0.05) is 31.6 Å². The van der Waals surface area contributed by atoms with Gasteiger partial charge in [0.05, 0.1) is 11.5 Å². The molecular weight excluding hydrogens is 316 g/mol. The summed E-state index contributed by atoms with van der Waals surface area (Å²) in [7, 11) is -3.65. The fraction of sp³-hybridized carbons (Fsp3) is 0.583. The van der Waals surface area contributed by atoms with Crippen molar-refractivity contribution in [2.24, 2.45) is 0 Å². The van der Waals surface area contributed by atoms with Crippen molar-refractivity contribution in [3.8, 4) is 0 Å². The molecule has 7 nitrogen and oxygen atoms in total. The summed E-state index contributed by atoms with van der Waals surface area (Å²) in [5.74, 6) is -1.12. The molecule has 2 N–H and O–H groups in total. The molecule has 0 unspecified atom stereocenters. The van der Waals surface area contributed by atoms with Crippen LogP contribution in [0.2, 0.25) is 0 Å². The fourth-order valence-electron chi connectivity index (χ4n) is 2.27. The average molecular weight is 334 g/mol. The molecule has 1 aliphatic heterocycles. The molecule has 1 saturated heterocycles. The number of carboxylic acids is 1. The lowest BCUT2D eigenvalue weighted by atomic mass is 10.4. The highest BCUT2D eigenvalue weighted by Gasteiger charge is 2.28. The van der Waals surface area contributed by atoms with E-state index in [2.05, 4.69) is 0 Å². The molecule has 2 rings (SSSR count). The normalized spacial score (nSPS) is 18.5. The van der Waals surface area contributed by atoms with E-state index in [-0.39, 0.29) is 16.4 Å². The van der Waals surface area contributed by atoms with Crippen LogP contribution in [0.4, 0.5) is 0 Å². The minimum atomic E-state index is -3.65. The molecule has 21 heavy (non-hydrogen) atoms. The van der Waals surface area contributed by atoms with E-state index in [4.69, 9.17) is 10.2 Å². The Labute approximate surface area is 127 Å². The monoisotopic (exact) mass is 334 g/mol. The van der Waals surface area contributed by atoms with Gasteiger partial charge in [0.15, 0.2) is 0 Å². The molecule has 0 aliphatic carbocycles. The van der Waals surface area contributed by atoms with Crippen molar-refractivity contribution in [1.82, 2.24) is 9.21 Å². The van der Waals surface area contributed by atoms with Gasteiger partial charge in [0.2, 0.25) is 10.0 Å². The van der Waals surface area contributed by atoms with E-state index < -0.39 is 16.0 Å². The third kappa shape index (κ3) is 3.80. The van der Waals surface area contributed by atoms with E-state index in [1.807, 2.05) is 4.90 Å². The smallest absolute Gasteiger partial charge is 0.345 e. The molecule has 9 heteroatoms. The zero-order chi connectivity index (χ0) is 15.5. The van der Waals surface area contributed by atoms with Gasteiger partial charge in [0.25, 0.3) is 0 Å². The van der Waals surface area contributed by atoms with Crippen LogP contribution >= 0.6 is 11.3 Å². The molecule has 1 aromatic heterocycles. The van der Waals surface area contributed by atoms with E-state index in [1.165, 1.54) is 15.8 Å². The van der Waals surface area contributed by atoms with Crippen LogP contribution in [-0.4, -0.2) is 73.1 Å². The summed E-state index contributed by atoms with van der Waals surface area (Å²) in [6.07, 6.45) is 0.690. The minimum Gasteiger partial charge on any atom is -0.477 e. The van der Waals surface area contributed by atoms with E-state index in [0.717, 1.165) is 17.9 Å². The zero-order valence-corrected chi connectivity index (χ0v) is 13.1. The van der Waals surface area contributed by atoms with Crippen molar-refractivity contribution in [2.45, 2.75) is 11.3 Å². The molecule has 0 bridgehead atoms. The van der Waals surface area contributed by atoms with Gasteiger partial charge in [-0.25, -0.2) is 13.2 Å². The number of nitrogens with zero attached hydrogens (tertiary/aromatic N) is 2. The number of aromatic carboxylic acids is 1. The molecule has 2 heterocycles. The fourth-order valence-corrected chi connectivity index (χ4v) is 4.84. The Bertz CT molecular complexity index is 599. The summed E-state index contributed by atoms with van der Waals surface area (Å²) in [5, 5.41) is 19.2. The van der Waals surface area contributed by atoms with Crippen LogP contribution in [0.15, 0.2) is 16.3 Å². The minimum absolute atomic E-state index is 0.0188. The highest BCUT2D eigenvalue weighted by Crippen LogP contribution is 2.23. The zero-order valence-electron chi connectivity index (χ0n) is 11.4. The maximum atomic E-state index is 12.5. The van der Waals surface area contributed by atoms with Gasteiger partial charge in [-0.05, 0) is 19.0 Å². The van der Waals surface area contributed by atoms with Crippen LogP contribution in [0.3, 0.4) is 0 Å². The lowest BCUT2D eigenvalue weighted by Gasteiger charge is -2.20. The predicted octanol–water partition coefficient (Wildman–Crippen LogP) is 0.135. The highest BCUT2D eigenvalue weighted by molar-refractivity contribution is 7.89. The molecule has 1 aliphatic rings. The van der Waals surface area contributed by atoms with Crippen molar-refractivity contribution in [2.75, 3.05) is 39.3 Å². The summed E-state index contributed by atoms with van der Waals surface area (Å²) < 4.78 is 26.4. The van der Waals surface area contributed by atoms with Gasteiger partial charge in [-0.1, -0.05) is 0 Å². The van der Waals surface area contributed by atoms with Crippen LogP contribution in [0.1, 0.15) is 16.1 Å². The second-order valence-electron chi connectivity index (χ2n) is 4.77. The van der Waals surface area contributed by atoms with E-state index >= 15 is 0 Å².